The lowest BCUT2D eigenvalue weighted by Crippen LogP contribution is -2.33. The minimum atomic E-state index is -0.0120. The average molecular weight is 292 g/mol. The highest BCUT2D eigenvalue weighted by molar-refractivity contribution is 5.76. The van der Waals surface area contributed by atoms with Crippen molar-refractivity contribution in [3.63, 3.8) is 0 Å². The topological polar surface area (TPSA) is 75.8 Å². The molecule has 0 aliphatic rings. The number of likely N-dealkylation sites (N-methyl/N-ethyl adjacent to an activating group) is 1. The van der Waals surface area contributed by atoms with Crippen LogP contribution in [0.15, 0.2) is 30.9 Å². The van der Waals surface area contributed by atoms with Gasteiger partial charge in [0.15, 0.2) is 0 Å². The van der Waals surface area contributed by atoms with Crippen molar-refractivity contribution in [2.45, 2.75) is 19.8 Å². The number of rotatable bonds is 9. The van der Waals surface area contributed by atoms with E-state index in [1.54, 1.807) is 11.0 Å². The van der Waals surface area contributed by atoms with E-state index in [0.29, 0.717) is 44.0 Å². The number of aryl methyl sites for hydroxylation is 1. The Balaban J connectivity index is 2.57. The third-order valence-corrected chi connectivity index (χ3v) is 3.16. The number of aliphatic hydroxyl groups excluding tert-OH is 1. The van der Waals surface area contributed by atoms with Gasteiger partial charge >= 0.3 is 0 Å². The van der Waals surface area contributed by atoms with Crippen molar-refractivity contribution >= 4 is 11.6 Å². The summed E-state index contributed by atoms with van der Waals surface area (Å²) in [6.07, 6.45) is 2.68. The van der Waals surface area contributed by atoms with Gasteiger partial charge in [0.2, 0.25) is 5.91 Å². The summed E-state index contributed by atoms with van der Waals surface area (Å²) in [6.45, 7) is 6.87. The van der Waals surface area contributed by atoms with Crippen LogP contribution in [-0.4, -0.2) is 42.2 Å². The van der Waals surface area contributed by atoms with Crippen LogP contribution in [-0.2, 0) is 11.2 Å². The Morgan fingerprint density at radius 1 is 1.52 bits per heavy atom. The maximum absolute atomic E-state index is 12.0. The van der Waals surface area contributed by atoms with E-state index in [0.717, 1.165) is 5.56 Å². The summed E-state index contributed by atoms with van der Waals surface area (Å²) >= 11 is 0. The van der Waals surface area contributed by atoms with Crippen molar-refractivity contribution in [2.75, 3.05) is 32.0 Å². The van der Waals surface area contributed by atoms with Crippen molar-refractivity contribution in [1.29, 1.82) is 0 Å². The molecule has 5 heteroatoms. The van der Waals surface area contributed by atoms with Crippen LogP contribution in [0, 0.1) is 0 Å². The quantitative estimate of drug-likeness (QED) is 0.535. The zero-order chi connectivity index (χ0) is 15.7. The number of benzene rings is 1. The molecule has 0 aromatic heterocycles. The van der Waals surface area contributed by atoms with Crippen LogP contribution < -0.4 is 10.5 Å². The van der Waals surface area contributed by atoms with Gasteiger partial charge in [-0.3, -0.25) is 4.79 Å². The number of anilines is 1. The maximum atomic E-state index is 12.0. The third kappa shape index (κ3) is 5.47. The number of carbonyl (C=O) groups is 1. The van der Waals surface area contributed by atoms with E-state index < -0.39 is 0 Å². The Morgan fingerprint density at radius 2 is 2.29 bits per heavy atom. The van der Waals surface area contributed by atoms with Gasteiger partial charge in [-0.2, -0.15) is 0 Å². The van der Waals surface area contributed by atoms with Crippen molar-refractivity contribution in [1.82, 2.24) is 4.90 Å². The van der Waals surface area contributed by atoms with E-state index in [2.05, 4.69) is 6.58 Å². The molecule has 1 aromatic carbocycles. The Labute approximate surface area is 126 Å². The molecule has 0 fully saturated rings. The van der Waals surface area contributed by atoms with Crippen molar-refractivity contribution in [2.24, 2.45) is 0 Å². The zero-order valence-corrected chi connectivity index (χ0v) is 12.5. The minimum absolute atomic E-state index is 0.0120. The van der Waals surface area contributed by atoms with Crippen LogP contribution >= 0.6 is 0 Å². The number of nitrogens with zero attached hydrogens (tertiary/aromatic N) is 1. The predicted octanol–water partition coefficient (Wildman–Crippen LogP) is 1.61. The van der Waals surface area contributed by atoms with Gasteiger partial charge in [0.05, 0.1) is 12.3 Å². The Hall–Kier alpha value is -2.01. The zero-order valence-electron chi connectivity index (χ0n) is 12.5. The fraction of sp³-hybridized carbons (Fsp3) is 0.438. The standard InChI is InChI=1S/C16H24N2O3/c1-3-11-21-15-7-5-13(12-14(15)17)6-8-16(20)18(4-2)9-10-19/h3,5,7,12,19H,1,4,6,8-11,17H2,2H3. The van der Waals surface area contributed by atoms with E-state index in [-0.39, 0.29) is 12.5 Å². The number of nitrogen functional groups attached to an aromatic ring is 1. The van der Waals surface area contributed by atoms with E-state index in [1.807, 2.05) is 25.1 Å². The number of carbonyl (C=O) groups excluding carboxylic acids is 1. The Morgan fingerprint density at radius 3 is 2.86 bits per heavy atom. The molecule has 21 heavy (non-hydrogen) atoms. The molecule has 0 spiro atoms. The first-order chi connectivity index (χ1) is 10.1. The molecule has 1 amide bonds. The van der Waals surface area contributed by atoms with Crippen LogP contribution in [0.25, 0.3) is 0 Å². The number of ether oxygens (including phenoxy) is 1. The van der Waals surface area contributed by atoms with Crippen LogP contribution in [0.5, 0.6) is 5.75 Å². The first kappa shape index (κ1) is 17.0. The molecule has 5 nitrogen and oxygen atoms in total. The van der Waals surface area contributed by atoms with Crippen LogP contribution in [0.4, 0.5) is 5.69 Å². The largest absolute Gasteiger partial charge is 0.487 e. The third-order valence-electron chi connectivity index (χ3n) is 3.16. The molecule has 0 saturated carbocycles. The van der Waals surface area contributed by atoms with E-state index >= 15 is 0 Å². The van der Waals surface area contributed by atoms with E-state index in [4.69, 9.17) is 15.6 Å². The summed E-state index contributed by atoms with van der Waals surface area (Å²) in [5.74, 6) is 0.664. The molecule has 0 heterocycles. The van der Waals surface area contributed by atoms with Crippen LogP contribution in [0.1, 0.15) is 18.9 Å². The van der Waals surface area contributed by atoms with Crippen molar-refractivity contribution in [3.05, 3.63) is 36.4 Å². The van der Waals surface area contributed by atoms with Gasteiger partial charge in [0.1, 0.15) is 12.4 Å². The minimum Gasteiger partial charge on any atom is -0.487 e. The highest BCUT2D eigenvalue weighted by Crippen LogP contribution is 2.23. The molecule has 1 aromatic rings. The van der Waals surface area contributed by atoms with Gasteiger partial charge in [0.25, 0.3) is 0 Å². The molecule has 0 saturated heterocycles. The van der Waals surface area contributed by atoms with Crippen LogP contribution in [0.3, 0.4) is 0 Å². The van der Waals surface area contributed by atoms with Gasteiger partial charge in [0, 0.05) is 19.5 Å². The van der Waals surface area contributed by atoms with Gasteiger partial charge in [-0.05, 0) is 31.0 Å². The molecule has 116 valence electrons. The van der Waals surface area contributed by atoms with Crippen molar-refractivity contribution < 1.29 is 14.6 Å². The maximum Gasteiger partial charge on any atom is 0.222 e. The van der Waals surface area contributed by atoms with Gasteiger partial charge in [-0.15, -0.1) is 0 Å². The molecular formula is C16H24N2O3. The predicted molar refractivity (Wildman–Crippen MR) is 84.2 cm³/mol. The van der Waals surface area contributed by atoms with E-state index in [9.17, 15) is 4.79 Å². The molecule has 0 radical (unpaired) electrons. The molecule has 0 atom stereocenters. The summed E-state index contributed by atoms with van der Waals surface area (Å²) in [6, 6.07) is 5.54. The lowest BCUT2D eigenvalue weighted by molar-refractivity contribution is -0.131. The Bertz CT molecular complexity index is 475. The fourth-order valence-corrected chi connectivity index (χ4v) is 2.02. The fourth-order valence-electron chi connectivity index (χ4n) is 2.02. The van der Waals surface area contributed by atoms with E-state index in [1.165, 1.54) is 0 Å². The molecule has 1 rings (SSSR count). The molecule has 0 aliphatic heterocycles. The smallest absolute Gasteiger partial charge is 0.222 e. The molecule has 0 bridgehead atoms. The molecule has 0 aliphatic carbocycles. The summed E-state index contributed by atoms with van der Waals surface area (Å²) < 4.78 is 5.41. The lowest BCUT2D eigenvalue weighted by Gasteiger charge is -2.19. The van der Waals surface area contributed by atoms with Gasteiger partial charge < -0.3 is 20.5 Å². The number of hydrogen-bond donors (Lipinski definition) is 2. The number of nitrogens with two attached hydrogens (primary N) is 1. The number of amides is 1. The SMILES string of the molecule is C=CCOc1ccc(CCC(=O)N(CC)CCO)cc1N. The normalized spacial score (nSPS) is 10.2. The first-order valence-electron chi connectivity index (χ1n) is 7.13. The summed E-state index contributed by atoms with van der Waals surface area (Å²) in [5.41, 5.74) is 7.47. The van der Waals surface area contributed by atoms with Gasteiger partial charge in [-0.25, -0.2) is 0 Å². The van der Waals surface area contributed by atoms with Crippen molar-refractivity contribution in [3.8, 4) is 5.75 Å². The summed E-state index contributed by atoms with van der Waals surface area (Å²) in [7, 11) is 0. The monoisotopic (exact) mass is 292 g/mol. The van der Waals surface area contributed by atoms with Gasteiger partial charge in [-0.1, -0.05) is 18.7 Å². The second-order valence-electron chi connectivity index (χ2n) is 4.67. The highest BCUT2D eigenvalue weighted by Gasteiger charge is 2.11. The first-order valence-corrected chi connectivity index (χ1v) is 7.13. The summed E-state index contributed by atoms with van der Waals surface area (Å²) in [4.78, 5) is 13.6. The molecular weight excluding hydrogens is 268 g/mol. The highest BCUT2D eigenvalue weighted by atomic mass is 16.5. The number of aliphatic hydroxyl groups is 1. The second-order valence-corrected chi connectivity index (χ2v) is 4.67. The Kier molecular flexibility index (Phi) is 7.32. The molecule has 3 N–H and O–H groups in total. The second kappa shape index (κ2) is 9.02. The lowest BCUT2D eigenvalue weighted by atomic mass is 10.1. The van der Waals surface area contributed by atoms with Crippen LogP contribution in [0.2, 0.25) is 0 Å². The summed E-state index contributed by atoms with van der Waals surface area (Å²) in [5, 5.41) is 8.91. The molecule has 0 unspecified atom stereocenters. The average Bonchev–Trinajstić information content (AvgIpc) is 2.49. The number of hydrogen-bond acceptors (Lipinski definition) is 4.